The molecule has 0 saturated heterocycles. The number of nitrogens with zero attached hydrogens (tertiary/aromatic N) is 1. The Morgan fingerprint density at radius 3 is 2.52 bits per heavy atom. The molecule has 31 heavy (non-hydrogen) atoms. The lowest BCUT2D eigenvalue weighted by atomic mass is 10.0. The molecule has 3 rings (SSSR count). The molecule has 2 aromatic rings. The van der Waals surface area contributed by atoms with Crippen molar-refractivity contribution >= 4 is 34.3 Å². The second-order valence-electron chi connectivity index (χ2n) is 6.59. The Morgan fingerprint density at radius 2 is 1.87 bits per heavy atom. The first-order chi connectivity index (χ1) is 14.9. The quantitative estimate of drug-likeness (QED) is 0.676. The molecular formula is C21H24N2O7S. The molecule has 0 atom stereocenters. The maximum absolute atomic E-state index is 12.9. The number of carbonyl (C=O) groups excluding carboxylic acids is 3. The molecule has 2 amide bonds. The summed E-state index contributed by atoms with van der Waals surface area (Å²) in [6, 6.07) is 4.79. The molecular weight excluding hydrogens is 424 g/mol. The smallest absolute Gasteiger partial charge is 0.410 e. The van der Waals surface area contributed by atoms with Gasteiger partial charge in [-0.1, -0.05) is 0 Å². The van der Waals surface area contributed by atoms with Crippen LogP contribution in [-0.4, -0.2) is 57.4 Å². The number of rotatable bonds is 6. The van der Waals surface area contributed by atoms with Gasteiger partial charge in [-0.05, 0) is 37.1 Å². The molecule has 0 unspecified atom stereocenters. The topological polar surface area (TPSA) is 103 Å². The summed E-state index contributed by atoms with van der Waals surface area (Å²) in [5.74, 6) is -0.0320. The standard InChI is InChI=1S/C21H24N2O7S/c1-5-30-21(26)23-9-8-13-16(11-23)31-19(17(13)20(25)29-4)22-18(24)12-6-7-14(27-2)15(10-12)28-3/h6-7,10H,5,8-9,11H2,1-4H3,(H,22,24). The Balaban J connectivity index is 1.90. The van der Waals surface area contributed by atoms with E-state index >= 15 is 0 Å². The van der Waals surface area contributed by atoms with Gasteiger partial charge in [0.25, 0.3) is 5.91 Å². The first-order valence-electron chi connectivity index (χ1n) is 9.61. The minimum absolute atomic E-state index is 0.284. The molecule has 0 fully saturated rings. The third-order valence-corrected chi connectivity index (χ3v) is 5.98. The SMILES string of the molecule is CCOC(=O)N1CCc2c(sc(NC(=O)c3ccc(OC)c(OC)c3)c2C(=O)OC)C1. The van der Waals surface area contributed by atoms with Crippen molar-refractivity contribution in [3.63, 3.8) is 0 Å². The minimum Gasteiger partial charge on any atom is -0.493 e. The normalized spacial score (nSPS) is 12.6. The van der Waals surface area contributed by atoms with E-state index in [0.29, 0.717) is 47.1 Å². The van der Waals surface area contributed by atoms with E-state index in [1.807, 2.05) is 0 Å². The summed E-state index contributed by atoms with van der Waals surface area (Å²) in [5.41, 5.74) is 1.44. The third-order valence-electron chi connectivity index (χ3n) is 4.85. The molecule has 1 N–H and O–H groups in total. The summed E-state index contributed by atoms with van der Waals surface area (Å²) in [7, 11) is 4.29. The molecule has 0 spiro atoms. The number of thiophene rings is 1. The van der Waals surface area contributed by atoms with E-state index < -0.39 is 18.0 Å². The Morgan fingerprint density at radius 1 is 1.13 bits per heavy atom. The average Bonchev–Trinajstić information content (AvgIpc) is 3.14. The van der Waals surface area contributed by atoms with Gasteiger partial charge in [-0.2, -0.15) is 0 Å². The van der Waals surface area contributed by atoms with Crippen LogP contribution >= 0.6 is 11.3 Å². The van der Waals surface area contributed by atoms with Gasteiger partial charge in [-0.15, -0.1) is 11.3 Å². The number of ether oxygens (including phenoxy) is 4. The minimum atomic E-state index is -0.537. The Kier molecular flexibility index (Phi) is 7.01. The first-order valence-corrected chi connectivity index (χ1v) is 10.4. The zero-order valence-electron chi connectivity index (χ0n) is 17.8. The second-order valence-corrected chi connectivity index (χ2v) is 7.70. The van der Waals surface area contributed by atoms with E-state index in [1.54, 1.807) is 30.0 Å². The van der Waals surface area contributed by atoms with E-state index in [4.69, 9.17) is 18.9 Å². The fraction of sp³-hybridized carbons (Fsp3) is 0.381. The summed E-state index contributed by atoms with van der Waals surface area (Å²) in [6.07, 6.45) is 0.0542. The summed E-state index contributed by atoms with van der Waals surface area (Å²) in [6.45, 7) is 2.74. The van der Waals surface area contributed by atoms with Crippen LogP contribution in [0.1, 0.15) is 38.1 Å². The van der Waals surface area contributed by atoms with Crippen molar-refractivity contribution in [1.82, 2.24) is 4.90 Å². The van der Waals surface area contributed by atoms with Crippen LogP contribution in [0.4, 0.5) is 9.80 Å². The molecule has 0 aliphatic carbocycles. The predicted octanol–water partition coefficient (Wildman–Crippen LogP) is 3.32. The number of methoxy groups -OCH3 is 3. The van der Waals surface area contributed by atoms with Gasteiger partial charge in [0.2, 0.25) is 0 Å². The zero-order valence-corrected chi connectivity index (χ0v) is 18.6. The molecule has 166 valence electrons. The number of esters is 1. The van der Waals surface area contributed by atoms with Gasteiger partial charge in [-0.25, -0.2) is 9.59 Å². The first kappa shape index (κ1) is 22.4. The van der Waals surface area contributed by atoms with E-state index in [1.165, 1.54) is 32.7 Å². The van der Waals surface area contributed by atoms with Crippen molar-refractivity contribution in [2.45, 2.75) is 19.9 Å². The van der Waals surface area contributed by atoms with Crippen LogP contribution in [0.5, 0.6) is 11.5 Å². The summed E-state index contributed by atoms with van der Waals surface area (Å²) in [5, 5.41) is 3.18. The Hall–Kier alpha value is -3.27. The van der Waals surface area contributed by atoms with Crippen LogP contribution in [0.25, 0.3) is 0 Å². The molecule has 1 aromatic heterocycles. The number of nitrogens with one attached hydrogen (secondary N) is 1. The highest BCUT2D eigenvalue weighted by Crippen LogP contribution is 2.38. The van der Waals surface area contributed by atoms with Crippen molar-refractivity contribution in [3.8, 4) is 11.5 Å². The van der Waals surface area contributed by atoms with Gasteiger partial charge in [0.1, 0.15) is 5.00 Å². The molecule has 9 nitrogen and oxygen atoms in total. The van der Waals surface area contributed by atoms with E-state index in [9.17, 15) is 14.4 Å². The van der Waals surface area contributed by atoms with Gasteiger partial charge >= 0.3 is 12.1 Å². The highest BCUT2D eigenvalue weighted by atomic mass is 32.1. The van der Waals surface area contributed by atoms with Gasteiger partial charge < -0.3 is 29.2 Å². The van der Waals surface area contributed by atoms with Crippen LogP contribution in [-0.2, 0) is 22.4 Å². The van der Waals surface area contributed by atoms with Crippen LogP contribution in [0.2, 0.25) is 0 Å². The fourth-order valence-electron chi connectivity index (χ4n) is 3.33. The number of hydrogen-bond donors (Lipinski definition) is 1. The van der Waals surface area contributed by atoms with Gasteiger partial charge in [0.05, 0.1) is 40.0 Å². The number of carbonyl (C=O) groups is 3. The number of hydrogen-bond acceptors (Lipinski definition) is 8. The molecule has 0 bridgehead atoms. The van der Waals surface area contributed by atoms with Crippen molar-refractivity contribution in [3.05, 3.63) is 39.8 Å². The highest BCUT2D eigenvalue weighted by Gasteiger charge is 2.31. The fourth-order valence-corrected chi connectivity index (χ4v) is 4.58. The number of benzene rings is 1. The zero-order chi connectivity index (χ0) is 22.5. The van der Waals surface area contributed by atoms with Crippen LogP contribution in [0.3, 0.4) is 0 Å². The maximum atomic E-state index is 12.9. The number of fused-ring (bicyclic) bond motifs is 1. The lowest BCUT2D eigenvalue weighted by Crippen LogP contribution is -2.36. The Bertz CT molecular complexity index is 1000. The predicted molar refractivity (Wildman–Crippen MR) is 114 cm³/mol. The number of amides is 2. The maximum Gasteiger partial charge on any atom is 0.410 e. The molecule has 1 aliphatic rings. The number of anilines is 1. The molecule has 1 aliphatic heterocycles. The van der Waals surface area contributed by atoms with Crippen LogP contribution < -0.4 is 14.8 Å². The van der Waals surface area contributed by atoms with Crippen molar-refractivity contribution in [2.24, 2.45) is 0 Å². The second kappa shape index (κ2) is 9.69. The largest absolute Gasteiger partial charge is 0.493 e. The third kappa shape index (κ3) is 4.58. The summed E-state index contributed by atoms with van der Waals surface area (Å²) >= 11 is 1.25. The molecule has 10 heteroatoms. The Labute approximate surface area is 183 Å². The summed E-state index contributed by atoms with van der Waals surface area (Å²) < 4.78 is 20.5. The lowest BCUT2D eigenvalue weighted by molar-refractivity contribution is 0.0600. The van der Waals surface area contributed by atoms with Crippen LogP contribution in [0.15, 0.2) is 18.2 Å². The van der Waals surface area contributed by atoms with Gasteiger partial charge in [-0.3, -0.25) is 4.79 Å². The van der Waals surface area contributed by atoms with Crippen molar-refractivity contribution < 1.29 is 33.3 Å². The molecule has 1 aromatic carbocycles. The molecule has 0 radical (unpaired) electrons. The average molecular weight is 448 g/mol. The molecule has 2 heterocycles. The van der Waals surface area contributed by atoms with E-state index in [2.05, 4.69) is 5.32 Å². The van der Waals surface area contributed by atoms with E-state index in [-0.39, 0.29) is 6.61 Å². The highest BCUT2D eigenvalue weighted by molar-refractivity contribution is 7.17. The van der Waals surface area contributed by atoms with Crippen molar-refractivity contribution in [2.75, 3.05) is 39.8 Å². The summed E-state index contributed by atoms with van der Waals surface area (Å²) in [4.78, 5) is 39.8. The molecule has 0 saturated carbocycles. The van der Waals surface area contributed by atoms with E-state index in [0.717, 1.165) is 10.4 Å². The van der Waals surface area contributed by atoms with Crippen LogP contribution in [0, 0.1) is 0 Å². The van der Waals surface area contributed by atoms with Crippen molar-refractivity contribution in [1.29, 1.82) is 0 Å². The van der Waals surface area contributed by atoms with Gasteiger partial charge in [0.15, 0.2) is 11.5 Å². The lowest BCUT2D eigenvalue weighted by Gasteiger charge is -2.26. The van der Waals surface area contributed by atoms with Gasteiger partial charge in [0, 0.05) is 17.0 Å². The monoisotopic (exact) mass is 448 g/mol.